The summed E-state index contributed by atoms with van der Waals surface area (Å²) in [6, 6.07) is 7.49. The summed E-state index contributed by atoms with van der Waals surface area (Å²) in [7, 11) is 0. The van der Waals surface area contributed by atoms with Crippen LogP contribution in [0, 0.1) is 0 Å². The summed E-state index contributed by atoms with van der Waals surface area (Å²) in [5, 5.41) is 55.5. The molecular formula is C35H48N8O12. The third-order valence-electron chi connectivity index (χ3n) is 7.90. The summed E-state index contributed by atoms with van der Waals surface area (Å²) in [5.41, 5.74) is 6.33. The fourth-order valence-corrected chi connectivity index (χ4v) is 4.84. The number of rotatable bonds is 22. The monoisotopic (exact) mass is 772 g/mol. The van der Waals surface area contributed by atoms with Gasteiger partial charge in [-0.1, -0.05) is 60.7 Å². The van der Waals surface area contributed by atoms with Crippen LogP contribution in [0.25, 0.3) is 0 Å². The topological polar surface area (TPSA) is 328 Å². The van der Waals surface area contributed by atoms with Crippen LogP contribution >= 0.6 is 0 Å². The summed E-state index contributed by atoms with van der Waals surface area (Å²) in [4.78, 5) is 101. The van der Waals surface area contributed by atoms with Gasteiger partial charge >= 0.3 is 5.97 Å². The van der Waals surface area contributed by atoms with Gasteiger partial charge in [0.15, 0.2) is 0 Å². The lowest BCUT2D eigenvalue weighted by Crippen LogP contribution is -2.62. The molecule has 0 bridgehead atoms. The van der Waals surface area contributed by atoms with Gasteiger partial charge in [0.05, 0.1) is 32.4 Å². The van der Waals surface area contributed by atoms with Crippen LogP contribution in [0.4, 0.5) is 0 Å². The van der Waals surface area contributed by atoms with E-state index < -0.39 is 116 Å². The van der Waals surface area contributed by atoms with Crippen LogP contribution in [0.2, 0.25) is 0 Å². The van der Waals surface area contributed by atoms with Gasteiger partial charge in [0, 0.05) is 12.8 Å². The van der Waals surface area contributed by atoms with Crippen LogP contribution in [-0.2, 0) is 51.2 Å². The SMILES string of the molecule is C[C@H](NC(=O)[C@H](Cc1ccccc1)NC(=O)[C@H](CO)NC(=O)[C@H](CO)NC(=O)[C@H](Cc1ccccc1)NC(=O)[C@@H](NC(=O)CNC(=O)CN)[C@@H](C)O)C(=O)O. The fourth-order valence-electron chi connectivity index (χ4n) is 4.84. The van der Waals surface area contributed by atoms with Gasteiger partial charge in [-0.05, 0) is 25.0 Å². The highest BCUT2D eigenvalue weighted by atomic mass is 16.4. The largest absolute Gasteiger partial charge is 0.480 e. The van der Waals surface area contributed by atoms with E-state index in [1.807, 2.05) is 0 Å². The molecule has 0 radical (unpaired) electrons. The smallest absolute Gasteiger partial charge is 0.325 e. The molecule has 300 valence electrons. The summed E-state index contributed by atoms with van der Waals surface area (Å²) in [6.45, 7) is -0.559. The molecule has 0 aliphatic heterocycles. The van der Waals surface area contributed by atoms with E-state index in [-0.39, 0.29) is 12.8 Å². The molecular weight excluding hydrogens is 724 g/mol. The fraction of sp³-hybridized carbons (Fsp3) is 0.429. The van der Waals surface area contributed by atoms with Crippen LogP contribution in [0.1, 0.15) is 25.0 Å². The van der Waals surface area contributed by atoms with Crippen molar-refractivity contribution in [3.05, 3.63) is 71.8 Å². The normalized spacial score (nSPS) is 14.6. The van der Waals surface area contributed by atoms with Crippen molar-refractivity contribution in [2.24, 2.45) is 5.73 Å². The minimum Gasteiger partial charge on any atom is -0.480 e. The van der Waals surface area contributed by atoms with Crippen molar-refractivity contribution >= 4 is 47.3 Å². The second kappa shape index (κ2) is 23.0. The van der Waals surface area contributed by atoms with Gasteiger partial charge in [0.1, 0.15) is 36.3 Å². The van der Waals surface area contributed by atoms with E-state index in [1.165, 1.54) is 13.8 Å². The molecule has 0 fully saturated rings. The van der Waals surface area contributed by atoms with E-state index in [0.717, 1.165) is 0 Å². The first-order chi connectivity index (χ1) is 26.1. The lowest BCUT2D eigenvalue weighted by molar-refractivity contribution is -0.142. The van der Waals surface area contributed by atoms with Crippen LogP contribution in [-0.4, -0.2) is 136 Å². The van der Waals surface area contributed by atoms with Crippen molar-refractivity contribution in [3.8, 4) is 0 Å². The van der Waals surface area contributed by atoms with Gasteiger partial charge in [-0.2, -0.15) is 0 Å². The molecule has 20 nitrogen and oxygen atoms in total. The van der Waals surface area contributed by atoms with Gasteiger partial charge in [0.25, 0.3) is 0 Å². The highest BCUT2D eigenvalue weighted by Gasteiger charge is 2.34. The Kier molecular flexibility index (Phi) is 18.9. The molecule has 0 saturated carbocycles. The molecule has 0 saturated heterocycles. The van der Waals surface area contributed by atoms with Crippen LogP contribution in [0.3, 0.4) is 0 Å². The second-order valence-corrected chi connectivity index (χ2v) is 12.3. The second-order valence-electron chi connectivity index (χ2n) is 12.3. The number of carbonyl (C=O) groups is 8. The van der Waals surface area contributed by atoms with Crippen molar-refractivity contribution < 1.29 is 58.8 Å². The summed E-state index contributed by atoms with van der Waals surface area (Å²) in [6.07, 6.45) is -1.74. The highest BCUT2D eigenvalue weighted by molar-refractivity contribution is 5.97. The van der Waals surface area contributed by atoms with E-state index in [4.69, 9.17) is 5.73 Å². The Bertz CT molecular complexity index is 1630. The lowest BCUT2D eigenvalue weighted by Gasteiger charge is -2.27. The third kappa shape index (κ3) is 15.5. The predicted molar refractivity (Wildman–Crippen MR) is 193 cm³/mol. The Labute approximate surface area is 316 Å². The van der Waals surface area contributed by atoms with E-state index in [2.05, 4.69) is 37.2 Å². The molecule has 0 spiro atoms. The molecule has 2 aromatic carbocycles. The molecule has 0 aliphatic rings. The van der Waals surface area contributed by atoms with Crippen molar-refractivity contribution in [2.75, 3.05) is 26.3 Å². The number of aliphatic hydroxyl groups excluding tert-OH is 3. The minimum atomic E-state index is -1.75. The number of benzene rings is 2. The zero-order valence-electron chi connectivity index (χ0n) is 30.2. The number of hydrogen-bond donors (Lipinski definition) is 12. The quantitative estimate of drug-likeness (QED) is 0.0534. The van der Waals surface area contributed by atoms with Crippen molar-refractivity contribution in [1.29, 1.82) is 0 Å². The van der Waals surface area contributed by atoms with Gasteiger partial charge in [-0.15, -0.1) is 0 Å². The average Bonchev–Trinajstić information content (AvgIpc) is 3.16. The van der Waals surface area contributed by atoms with Crippen LogP contribution in [0.15, 0.2) is 60.7 Å². The minimum absolute atomic E-state index is 0.0921. The molecule has 7 amide bonds. The highest BCUT2D eigenvalue weighted by Crippen LogP contribution is 2.07. The number of carbonyl (C=O) groups excluding carboxylic acids is 7. The first-order valence-electron chi connectivity index (χ1n) is 17.1. The van der Waals surface area contributed by atoms with Crippen molar-refractivity contribution in [3.63, 3.8) is 0 Å². The Morgan fingerprint density at radius 1 is 0.582 bits per heavy atom. The number of carboxylic acid groups (broad SMARTS) is 1. The maximum Gasteiger partial charge on any atom is 0.325 e. The molecule has 2 rings (SSSR count). The number of aliphatic carboxylic acids is 1. The molecule has 20 heteroatoms. The molecule has 0 aliphatic carbocycles. The number of hydrogen-bond acceptors (Lipinski definition) is 12. The molecule has 0 unspecified atom stereocenters. The number of nitrogens with one attached hydrogen (secondary N) is 7. The third-order valence-corrected chi connectivity index (χ3v) is 7.90. The summed E-state index contributed by atoms with van der Waals surface area (Å²) >= 11 is 0. The molecule has 0 aromatic heterocycles. The first kappa shape index (κ1) is 45.2. The Hall–Kier alpha value is -5.96. The van der Waals surface area contributed by atoms with Crippen molar-refractivity contribution in [2.45, 2.75) is 69.0 Å². The number of nitrogens with two attached hydrogens (primary N) is 1. The predicted octanol–water partition coefficient (Wildman–Crippen LogP) is -5.07. The molecule has 55 heavy (non-hydrogen) atoms. The molecule has 7 atom stereocenters. The van der Waals surface area contributed by atoms with E-state index in [9.17, 15) is 58.8 Å². The number of carboxylic acids is 1. The first-order valence-corrected chi connectivity index (χ1v) is 17.1. The number of amides is 7. The lowest BCUT2D eigenvalue weighted by atomic mass is 10.0. The molecule has 0 heterocycles. The molecule has 2 aromatic rings. The summed E-state index contributed by atoms with van der Waals surface area (Å²) in [5.74, 6) is -7.92. The van der Waals surface area contributed by atoms with Gasteiger partial charge in [-0.3, -0.25) is 38.4 Å². The average molecular weight is 773 g/mol. The zero-order valence-corrected chi connectivity index (χ0v) is 30.2. The van der Waals surface area contributed by atoms with Gasteiger partial charge in [0.2, 0.25) is 41.4 Å². The van der Waals surface area contributed by atoms with E-state index in [1.54, 1.807) is 60.7 Å². The van der Waals surface area contributed by atoms with E-state index in [0.29, 0.717) is 11.1 Å². The summed E-state index contributed by atoms with van der Waals surface area (Å²) < 4.78 is 0. The van der Waals surface area contributed by atoms with Crippen LogP contribution in [0.5, 0.6) is 0 Å². The zero-order chi connectivity index (χ0) is 41.1. The van der Waals surface area contributed by atoms with Crippen molar-refractivity contribution in [1.82, 2.24) is 37.2 Å². The maximum atomic E-state index is 13.6. The standard InChI is InChI=1S/C35H48N8O12/c1-19(35(54)55)38-30(49)23(13-21-9-5-3-6-10-21)39-32(51)25(17-44)42-33(52)26(18-45)41-31(50)24(14-22-11-7-4-8-12-22)40-34(53)29(20(2)46)43-28(48)16-37-27(47)15-36/h3-12,19-20,23-26,29,44-46H,13-18,36H2,1-2H3,(H,37,47)(H,38,49)(H,39,51)(H,40,53)(H,41,50)(H,42,52)(H,43,48)(H,54,55)/t19-,20+,23-,24-,25-,26-,29-/m0/s1. The maximum absolute atomic E-state index is 13.6. The van der Waals surface area contributed by atoms with Crippen LogP contribution < -0.4 is 43.0 Å². The molecule has 13 N–H and O–H groups in total. The number of aliphatic hydroxyl groups is 3. The van der Waals surface area contributed by atoms with Gasteiger partial charge < -0.3 is 63.4 Å². The van der Waals surface area contributed by atoms with Gasteiger partial charge in [-0.25, -0.2) is 0 Å². The Morgan fingerprint density at radius 2 is 0.982 bits per heavy atom. The Morgan fingerprint density at radius 3 is 1.38 bits per heavy atom. The van der Waals surface area contributed by atoms with E-state index >= 15 is 0 Å². The Balaban J connectivity index is 2.22.